The van der Waals surface area contributed by atoms with E-state index in [2.05, 4.69) is 21.2 Å². The lowest BCUT2D eigenvalue weighted by Gasteiger charge is -2.17. The summed E-state index contributed by atoms with van der Waals surface area (Å²) in [5.74, 6) is 0.189. The summed E-state index contributed by atoms with van der Waals surface area (Å²) >= 11 is 3.34. The van der Waals surface area contributed by atoms with E-state index in [1.165, 1.54) is 7.11 Å². The van der Waals surface area contributed by atoms with Crippen molar-refractivity contribution in [2.24, 2.45) is 0 Å². The highest BCUT2D eigenvalue weighted by Crippen LogP contribution is 2.24. The average molecular weight is 350 g/mol. The molecule has 0 aromatic heterocycles. The summed E-state index contributed by atoms with van der Waals surface area (Å²) in [5, 5.41) is 12.3. The fourth-order valence-corrected chi connectivity index (χ4v) is 2.35. The summed E-state index contributed by atoms with van der Waals surface area (Å²) in [6.45, 7) is -0.172. The first kappa shape index (κ1) is 15.5. The third kappa shape index (κ3) is 3.83. The van der Waals surface area contributed by atoms with Crippen LogP contribution in [0.1, 0.15) is 22.0 Å². The number of aliphatic hydroxyl groups is 1. The summed E-state index contributed by atoms with van der Waals surface area (Å²) in [6.07, 6.45) is 0. The molecule has 2 rings (SSSR count). The van der Waals surface area contributed by atoms with E-state index < -0.39 is 6.04 Å². The van der Waals surface area contributed by atoms with Crippen molar-refractivity contribution in [3.05, 3.63) is 64.1 Å². The molecular formula is C16H16BrNO3. The van der Waals surface area contributed by atoms with Crippen molar-refractivity contribution in [2.75, 3.05) is 13.7 Å². The molecule has 0 bridgehead atoms. The van der Waals surface area contributed by atoms with E-state index in [9.17, 15) is 9.90 Å². The fraction of sp³-hybridized carbons (Fsp3) is 0.188. The van der Waals surface area contributed by atoms with Gasteiger partial charge in [0.1, 0.15) is 5.75 Å². The first-order chi connectivity index (χ1) is 10.2. The summed E-state index contributed by atoms with van der Waals surface area (Å²) < 4.78 is 6.05. The topological polar surface area (TPSA) is 58.6 Å². The molecular weight excluding hydrogens is 334 g/mol. The van der Waals surface area contributed by atoms with Gasteiger partial charge in [-0.25, -0.2) is 0 Å². The van der Waals surface area contributed by atoms with Crippen LogP contribution >= 0.6 is 15.9 Å². The Kier molecular flexibility index (Phi) is 5.36. The quantitative estimate of drug-likeness (QED) is 0.872. The van der Waals surface area contributed by atoms with Gasteiger partial charge >= 0.3 is 0 Å². The van der Waals surface area contributed by atoms with Crippen molar-refractivity contribution in [3.8, 4) is 5.75 Å². The van der Waals surface area contributed by atoms with Gasteiger partial charge in [-0.15, -0.1) is 0 Å². The second-order valence-corrected chi connectivity index (χ2v) is 5.38. The largest absolute Gasteiger partial charge is 0.496 e. The van der Waals surface area contributed by atoms with E-state index in [4.69, 9.17) is 4.74 Å². The van der Waals surface area contributed by atoms with Crippen LogP contribution in [0.4, 0.5) is 0 Å². The second kappa shape index (κ2) is 7.24. The predicted molar refractivity (Wildman–Crippen MR) is 84.4 cm³/mol. The Hall–Kier alpha value is -1.85. The zero-order chi connectivity index (χ0) is 15.2. The lowest BCUT2D eigenvalue weighted by molar-refractivity contribution is 0.0913. The SMILES string of the molecule is COc1cc(Br)ccc1C(=O)NC(CO)c1ccccc1. The van der Waals surface area contributed by atoms with E-state index in [1.807, 2.05) is 30.3 Å². The van der Waals surface area contributed by atoms with Crippen molar-refractivity contribution in [1.82, 2.24) is 5.32 Å². The number of hydrogen-bond donors (Lipinski definition) is 2. The third-order valence-corrected chi connectivity index (χ3v) is 3.59. The normalized spacial score (nSPS) is 11.8. The van der Waals surface area contributed by atoms with Crippen LogP contribution in [-0.2, 0) is 0 Å². The fourth-order valence-electron chi connectivity index (χ4n) is 2.01. The molecule has 2 aromatic rings. The zero-order valence-electron chi connectivity index (χ0n) is 11.5. The lowest BCUT2D eigenvalue weighted by Crippen LogP contribution is -2.31. The smallest absolute Gasteiger partial charge is 0.255 e. The average Bonchev–Trinajstić information content (AvgIpc) is 2.53. The van der Waals surface area contributed by atoms with E-state index in [0.717, 1.165) is 10.0 Å². The van der Waals surface area contributed by atoms with Gasteiger partial charge in [0, 0.05) is 4.47 Å². The minimum absolute atomic E-state index is 0.172. The number of methoxy groups -OCH3 is 1. The molecule has 0 radical (unpaired) electrons. The standard InChI is InChI=1S/C16H16BrNO3/c1-21-15-9-12(17)7-8-13(15)16(20)18-14(10-19)11-5-3-2-4-6-11/h2-9,14,19H,10H2,1H3,(H,18,20). The van der Waals surface area contributed by atoms with Gasteiger partial charge in [0.15, 0.2) is 0 Å². The maximum Gasteiger partial charge on any atom is 0.255 e. The Morgan fingerprint density at radius 1 is 1.29 bits per heavy atom. The van der Waals surface area contributed by atoms with Crippen molar-refractivity contribution >= 4 is 21.8 Å². The highest BCUT2D eigenvalue weighted by molar-refractivity contribution is 9.10. The number of rotatable bonds is 5. The molecule has 1 atom stereocenters. The number of ether oxygens (including phenoxy) is 1. The van der Waals surface area contributed by atoms with E-state index >= 15 is 0 Å². The minimum Gasteiger partial charge on any atom is -0.496 e. The molecule has 0 saturated carbocycles. The van der Waals surface area contributed by atoms with Gasteiger partial charge in [-0.3, -0.25) is 4.79 Å². The Morgan fingerprint density at radius 3 is 2.62 bits per heavy atom. The first-order valence-corrected chi connectivity index (χ1v) is 7.25. The highest BCUT2D eigenvalue weighted by Gasteiger charge is 2.17. The number of aliphatic hydroxyl groups excluding tert-OH is 1. The van der Waals surface area contributed by atoms with Crippen LogP contribution in [0.3, 0.4) is 0 Å². The van der Waals surface area contributed by atoms with Crippen molar-refractivity contribution in [3.63, 3.8) is 0 Å². The molecule has 2 N–H and O–H groups in total. The maximum absolute atomic E-state index is 12.4. The van der Waals surface area contributed by atoms with Gasteiger partial charge in [-0.05, 0) is 23.8 Å². The van der Waals surface area contributed by atoms with Crippen LogP contribution in [0.2, 0.25) is 0 Å². The monoisotopic (exact) mass is 349 g/mol. The minimum atomic E-state index is -0.452. The third-order valence-electron chi connectivity index (χ3n) is 3.10. The molecule has 0 aliphatic carbocycles. The first-order valence-electron chi connectivity index (χ1n) is 6.46. The lowest BCUT2D eigenvalue weighted by atomic mass is 10.1. The summed E-state index contributed by atoms with van der Waals surface area (Å²) in [4.78, 5) is 12.4. The molecule has 5 heteroatoms. The summed E-state index contributed by atoms with van der Waals surface area (Å²) in [5.41, 5.74) is 1.28. The Balaban J connectivity index is 2.21. The van der Waals surface area contributed by atoms with Crippen LogP contribution in [0.5, 0.6) is 5.75 Å². The van der Waals surface area contributed by atoms with Gasteiger partial charge in [-0.1, -0.05) is 46.3 Å². The van der Waals surface area contributed by atoms with Gasteiger partial charge in [-0.2, -0.15) is 0 Å². The number of halogens is 1. The Labute approximate surface area is 131 Å². The molecule has 0 saturated heterocycles. The van der Waals surface area contributed by atoms with E-state index in [0.29, 0.717) is 11.3 Å². The molecule has 0 spiro atoms. The van der Waals surface area contributed by atoms with Crippen molar-refractivity contribution in [2.45, 2.75) is 6.04 Å². The Morgan fingerprint density at radius 2 is 2.00 bits per heavy atom. The van der Waals surface area contributed by atoms with Gasteiger partial charge in [0.2, 0.25) is 0 Å². The molecule has 1 amide bonds. The van der Waals surface area contributed by atoms with Crippen LogP contribution < -0.4 is 10.1 Å². The number of benzene rings is 2. The maximum atomic E-state index is 12.4. The number of nitrogens with one attached hydrogen (secondary N) is 1. The van der Waals surface area contributed by atoms with Crippen molar-refractivity contribution < 1.29 is 14.6 Å². The van der Waals surface area contributed by atoms with Crippen LogP contribution in [0.25, 0.3) is 0 Å². The number of hydrogen-bond acceptors (Lipinski definition) is 3. The van der Waals surface area contributed by atoms with Crippen LogP contribution in [-0.4, -0.2) is 24.7 Å². The number of carbonyl (C=O) groups is 1. The molecule has 110 valence electrons. The predicted octanol–water partition coefficient (Wildman–Crippen LogP) is 2.92. The number of amides is 1. The molecule has 0 aliphatic rings. The molecule has 2 aromatic carbocycles. The molecule has 0 heterocycles. The van der Waals surface area contributed by atoms with Gasteiger partial charge in [0.25, 0.3) is 5.91 Å². The molecule has 21 heavy (non-hydrogen) atoms. The van der Waals surface area contributed by atoms with E-state index in [1.54, 1.807) is 18.2 Å². The molecule has 1 unspecified atom stereocenters. The highest BCUT2D eigenvalue weighted by atomic mass is 79.9. The van der Waals surface area contributed by atoms with Gasteiger partial charge < -0.3 is 15.2 Å². The summed E-state index contributed by atoms with van der Waals surface area (Å²) in [7, 11) is 1.51. The molecule has 0 fully saturated rings. The van der Waals surface area contributed by atoms with Crippen LogP contribution in [0.15, 0.2) is 53.0 Å². The van der Waals surface area contributed by atoms with E-state index in [-0.39, 0.29) is 12.5 Å². The van der Waals surface area contributed by atoms with Gasteiger partial charge in [0.05, 0.1) is 25.3 Å². The summed E-state index contributed by atoms with van der Waals surface area (Å²) in [6, 6.07) is 14.1. The van der Waals surface area contributed by atoms with Crippen molar-refractivity contribution in [1.29, 1.82) is 0 Å². The Bertz CT molecular complexity index is 616. The number of carbonyl (C=O) groups excluding carboxylic acids is 1. The molecule has 0 aliphatic heterocycles. The van der Waals surface area contributed by atoms with Crippen LogP contribution in [0, 0.1) is 0 Å². The second-order valence-electron chi connectivity index (χ2n) is 4.46. The zero-order valence-corrected chi connectivity index (χ0v) is 13.1. The molecule has 4 nitrogen and oxygen atoms in total.